The first-order chi connectivity index (χ1) is 31.8. The van der Waals surface area contributed by atoms with Crippen LogP contribution in [0, 0.1) is 5.92 Å². The molecule has 0 amide bonds. The third-order valence-corrected chi connectivity index (χ3v) is 14.8. The lowest BCUT2D eigenvalue weighted by molar-refractivity contribution is 0.332. The summed E-state index contributed by atoms with van der Waals surface area (Å²) in [5.41, 5.74) is 14.9. The maximum absolute atomic E-state index is 7.41. The normalized spacial score (nSPS) is 21.3. The zero-order valence-corrected chi connectivity index (χ0v) is 43.5. The summed E-state index contributed by atoms with van der Waals surface area (Å²) in [6.07, 6.45) is 45.1. The lowest BCUT2D eigenvalue weighted by atomic mass is 9.35. The summed E-state index contributed by atoms with van der Waals surface area (Å²) < 4.78 is 7.41. The van der Waals surface area contributed by atoms with Crippen LogP contribution in [0.3, 0.4) is 0 Å². The minimum absolute atomic E-state index is 0.0326. The average Bonchev–Trinajstić information content (AvgIpc) is 3.66. The minimum atomic E-state index is -0.142. The molecule has 67 heavy (non-hydrogen) atoms. The van der Waals surface area contributed by atoms with E-state index < -0.39 is 0 Å². The second kappa shape index (κ2) is 21.2. The van der Waals surface area contributed by atoms with Gasteiger partial charge in [0.15, 0.2) is 0 Å². The van der Waals surface area contributed by atoms with Gasteiger partial charge < -0.3 is 14.6 Å². The topological polar surface area (TPSA) is 28.4 Å². The average molecular weight is 893 g/mol. The molecule has 3 aliphatic rings. The Morgan fingerprint density at radius 2 is 1.39 bits per heavy atom. The van der Waals surface area contributed by atoms with Crippen LogP contribution in [-0.2, 0) is 21.7 Å². The van der Waals surface area contributed by atoms with Crippen LogP contribution in [0.4, 0.5) is 11.4 Å². The highest BCUT2D eigenvalue weighted by Crippen LogP contribution is 2.50. The molecule has 3 aromatic rings. The molecule has 4 heteroatoms. The highest BCUT2D eigenvalue weighted by atomic mass is 16.3. The van der Waals surface area contributed by atoms with Crippen molar-refractivity contribution >= 4 is 34.7 Å². The first-order valence-corrected chi connectivity index (χ1v) is 25.1. The van der Waals surface area contributed by atoms with Crippen LogP contribution in [0.2, 0.25) is 0 Å². The molecule has 0 fully saturated rings. The number of nitrogens with zero attached hydrogens (tertiary/aromatic N) is 1. The van der Waals surface area contributed by atoms with Crippen molar-refractivity contribution in [2.45, 2.75) is 156 Å². The second-order valence-corrected chi connectivity index (χ2v) is 22.1. The van der Waals surface area contributed by atoms with Crippen molar-refractivity contribution < 1.29 is 4.42 Å². The first-order valence-electron chi connectivity index (χ1n) is 25.1. The quantitative estimate of drug-likeness (QED) is 0.0882. The van der Waals surface area contributed by atoms with E-state index in [4.69, 9.17) is 4.42 Å². The predicted octanol–water partition coefficient (Wildman–Crippen LogP) is 17.0. The number of allylic oxidation sites excluding steroid dienone is 18. The smallest absolute Gasteiger partial charge is 0.289 e. The molecule has 2 heterocycles. The van der Waals surface area contributed by atoms with Gasteiger partial charge in [-0.05, 0) is 162 Å². The summed E-state index contributed by atoms with van der Waals surface area (Å²) >= 11 is 0. The van der Waals surface area contributed by atoms with E-state index in [0.29, 0.717) is 5.92 Å². The van der Waals surface area contributed by atoms with Gasteiger partial charge in [-0.2, -0.15) is 0 Å². The molecule has 1 aliphatic heterocycles. The summed E-state index contributed by atoms with van der Waals surface area (Å²) in [5, 5.41) is 5.08. The molecule has 1 aromatic heterocycles. The molecule has 1 N–H and O–H groups in total. The summed E-state index contributed by atoms with van der Waals surface area (Å²) in [7, 11) is 0. The van der Waals surface area contributed by atoms with E-state index in [1.165, 1.54) is 46.0 Å². The summed E-state index contributed by atoms with van der Waals surface area (Å²) in [4.78, 5) is 2.49. The predicted molar refractivity (Wildman–Crippen MR) is 297 cm³/mol. The van der Waals surface area contributed by atoms with Gasteiger partial charge in [-0.15, -0.1) is 6.58 Å². The number of hydrogen-bond donors (Lipinski definition) is 1. The van der Waals surface area contributed by atoms with Gasteiger partial charge >= 0.3 is 0 Å². The number of benzene rings is 2. The van der Waals surface area contributed by atoms with Crippen LogP contribution in [0.15, 0.2) is 180 Å². The molecule has 1 unspecified atom stereocenters. The largest absolute Gasteiger partial charge is 0.468 e. The van der Waals surface area contributed by atoms with Gasteiger partial charge in [0.25, 0.3) is 6.71 Å². The lowest BCUT2D eigenvalue weighted by Gasteiger charge is -2.42. The summed E-state index contributed by atoms with van der Waals surface area (Å²) in [6.45, 7) is 38.3. The van der Waals surface area contributed by atoms with E-state index in [1.807, 2.05) is 12.2 Å². The molecule has 2 aliphatic carbocycles. The number of nitrogens with one attached hydrogen (secondary N) is 1. The van der Waals surface area contributed by atoms with E-state index in [1.54, 1.807) is 6.08 Å². The molecule has 0 bridgehead atoms. The van der Waals surface area contributed by atoms with Crippen LogP contribution in [-0.4, -0.2) is 12.8 Å². The Morgan fingerprint density at radius 1 is 0.746 bits per heavy atom. The van der Waals surface area contributed by atoms with Crippen LogP contribution in [0.5, 0.6) is 0 Å². The van der Waals surface area contributed by atoms with Gasteiger partial charge in [0.05, 0.1) is 17.4 Å². The highest BCUT2D eigenvalue weighted by molar-refractivity contribution is 6.87. The van der Waals surface area contributed by atoms with Crippen molar-refractivity contribution in [3.63, 3.8) is 0 Å². The lowest BCUT2D eigenvalue weighted by Crippen LogP contribution is -2.51. The van der Waals surface area contributed by atoms with Gasteiger partial charge in [0, 0.05) is 17.3 Å². The standard InChI is InChI=1S/C63H81BN2O/c1-16-21-22-23-29-47(31-25-30-46(19-4)26-17-2)35-40-66-56(27-18-3)55(44-65-49-33-34-51-52(41-49)61(10,11)37-36-60(51,8)9)64(48(20-5)32-24-28-45(6)7)59-58(66)50-42-53-54(43-57(50)67-59)63(14,15)39-38-62(53,12)13/h16-26,29-35,40-45,56,65H,1,3,27-28,36-39H2,2,4-15H3/b22-21-,26-17-,29-23+,30-25+,32-24-,40-35+,46-19+,47-31-,48-20+,55-44-. The first kappa shape index (κ1) is 50.9. The highest BCUT2D eigenvalue weighted by Gasteiger charge is 2.45. The van der Waals surface area contributed by atoms with Gasteiger partial charge in [-0.25, -0.2) is 0 Å². The van der Waals surface area contributed by atoms with Crippen LogP contribution in [0.25, 0.3) is 11.0 Å². The maximum atomic E-state index is 7.41. The molecule has 3 nitrogen and oxygen atoms in total. The fourth-order valence-corrected chi connectivity index (χ4v) is 10.4. The Kier molecular flexibility index (Phi) is 16.1. The van der Waals surface area contributed by atoms with E-state index in [9.17, 15) is 0 Å². The second-order valence-electron chi connectivity index (χ2n) is 22.1. The molecule has 6 rings (SSSR count). The van der Waals surface area contributed by atoms with Gasteiger partial charge in [0.1, 0.15) is 5.58 Å². The van der Waals surface area contributed by atoms with Crippen LogP contribution >= 0.6 is 0 Å². The van der Waals surface area contributed by atoms with Crippen molar-refractivity contribution in [1.82, 2.24) is 0 Å². The molecular weight excluding hydrogens is 812 g/mol. The van der Waals surface area contributed by atoms with Crippen molar-refractivity contribution in [1.29, 1.82) is 0 Å². The molecule has 0 radical (unpaired) electrons. The van der Waals surface area contributed by atoms with Crippen molar-refractivity contribution in [3.8, 4) is 0 Å². The fourth-order valence-electron chi connectivity index (χ4n) is 10.4. The zero-order valence-electron chi connectivity index (χ0n) is 43.5. The number of furan rings is 1. The van der Waals surface area contributed by atoms with Crippen molar-refractivity contribution in [2.24, 2.45) is 5.92 Å². The Bertz CT molecular complexity index is 2610. The van der Waals surface area contributed by atoms with E-state index in [-0.39, 0.29) is 34.4 Å². The van der Waals surface area contributed by atoms with Crippen LogP contribution in [0.1, 0.15) is 151 Å². The van der Waals surface area contributed by atoms with Gasteiger partial charge in [0.2, 0.25) is 0 Å². The van der Waals surface area contributed by atoms with E-state index in [0.717, 1.165) is 64.8 Å². The maximum Gasteiger partial charge on any atom is 0.289 e. The van der Waals surface area contributed by atoms with Crippen molar-refractivity contribution in [2.75, 3.05) is 10.2 Å². The fraction of sp³-hybridized carbons (Fsp3) is 0.397. The molecule has 0 saturated heterocycles. The third-order valence-electron chi connectivity index (χ3n) is 14.8. The molecule has 352 valence electrons. The third kappa shape index (κ3) is 11.3. The van der Waals surface area contributed by atoms with Gasteiger partial charge in [-0.1, -0.05) is 178 Å². The molecule has 1 atom stereocenters. The molecule has 0 saturated carbocycles. The summed E-state index contributed by atoms with van der Waals surface area (Å²) in [6, 6.07) is 11.9. The summed E-state index contributed by atoms with van der Waals surface area (Å²) in [5.74, 6) is 0.552. The number of anilines is 2. The number of rotatable bonds is 16. The number of hydrogen-bond acceptors (Lipinski definition) is 3. The van der Waals surface area contributed by atoms with E-state index >= 15 is 0 Å². The van der Waals surface area contributed by atoms with Crippen LogP contribution < -0.4 is 15.9 Å². The Balaban J connectivity index is 1.65. The SMILES string of the molecule is C=C\C=C/C=C/C(=C/C=C/C(/C=C\C)=C/C)/C=C/N1c2c(oc3cc4c(cc23)C(C)(C)CCC4(C)C)B(C(/C=C\CC(C)C)=C/C)/C(=C\Nc2ccc3c(c2)C(C)(C)CCC3(C)C)C1CC=C. The monoisotopic (exact) mass is 893 g/mol. The Hall–Kier alpha value is -5.48. The molecule has 2 aromatic carbocycles. The number of fused-ring (bicyclic) bond motifs is 5. The zero-order chi connectivity index (χ0) is 48.7. The van der Waals surface area contributed by atoms with Gasteiger partial charge in [-0.3, -0.25) is 0 Å². The molecule has 0 spiro atoms. The van der Waals surface area contributed by atoms with E-state index in [2.05, 4.69) is 235 Å². The Labute approximate surface area is 407 Å². The molecular formula is C63H81BN2O. The minimum Gasteiger partial charge on any atom is -0.468 e. The Morgan fingerprint density at radius 3 is 2.00 bits per heavy atom. The van der Waals surface area contributed by atoms with Crippen molar-refractivity contribution in [3.05, 3.63) is 197 Å².